The summed E-state index contributed by atoms with van der Waals surface area (Å²) in [7, 11) is 1.41. The minimum absolute atomic E-state index is 0.281. The van der Waals surface area contributed by atoms with E-state index < -0.39 is 0 Å². The number of hydrogen-bond acceptors (Lipinski definition) is 2. The molecule has 0 amide bonds. The maximum Gasteiger partial charge on any atom is 0.337 e. The number of methoxy groups -OCH3 is 1. The van der Waals surface area contributed by atoms with E-state index in [1.54, 1.807) is 6.07 Å². The third-order valence-electron chi connectivity index (χ3n) is 3.34. The van der Waals surface area contributed by atoms with Crippen LogP contribution < -0.4 is 0 Å². The lowest BCUT2D eigenvalue weighted by Crippen LogP contribution is -2.00. The predicted molar refractivity (Wildman–Crippen MR) is 84.8 cm³/mol. The van der Waals surface area contributed by atoms with Gasteiger partial charge in [0.1, 0.15) is 0 Å². The second-order valence-electron chi connectivity index (χ2n) is 5.08. The van der Waals surface area contributed by atoms with Crippen LogP contribution in [0.2, 0.25) is 0 Å². The maximum absolute atomic E-state index is 11.4. The molecule has 0 radical (unpaired) electrons. The molecule has 1 aromatic rings. The van der Waals surface area contributed by atoms with Crippen LogP contribution in [0.4, 0.5) is 0 Å². The second kappa shape index (κ2) is 10.2. The van der Waals surface area contributed by atoms with E-state index in [0.717, 1.165) is 12.0 Å². The minimum Gasteiger partial charge on any atom is -0.465 e. The highest BCUT2D eigenvalue weighted by Crippen LogP contribution is 2.11. The van der Waals surface area contributed by atoms with Gasteiger partial charge in [0.25, 0.3) is 0 Å². The highest BCUT2D eigenvalue weighted by atomic mass is 16.5. The average molecular weight is 274 g/mol. The minimum atomic E-state index is -0.281. The van der Waals surface area contributed by atoms with Crippen molar-refractivity contribution in [2.75, 3.05) is 7.11 Å². The van der Waals surface area contributed by atoms with Gasteiger partial charge in [0.15, 0.2) is 0 Å². The van der Waals surface area contributed by atoms with Gasteiger partial charge in [0, 0.05) is 0 Å². The van der Waals surface area contributed by atoms with Crippen molar-refractivity contribution in [3.63, 3.8) is 0 Å². The van der Waals surface area contributed by atoms with E-state index in [1.165, 1.54) is 45.6 Å². The van der Waals surface area contributed by atoms with Crippen LogP contribution in [0.5, 0.6) is 0 Å². The Kier molecular flexibility index (Phi) is 8.44. The third kappa shape index (κ3) is 6.55. The summed E-state index contributed by atoms with van der Waals surface area (Å²) in [5.74, 6) is -0.281. The fourth-order valence-corrected chi connectivity index (χ4v) is 2.15. The number of unbranched alkanes of at least 4 members (excludes halogenated alkanes) is 6. The lowest BCUT2D eigenvalue weighted by atomic mass is 10.1. The molecule has 2 heteroatoms. The zero-order chi connectivity index (χ0) is 14.6. The Balaban J connectivity index is 2.30. The molecule has 1 rings (SSSR count). The van der Waals surface area contributed by atoms with E-state index >= 15 is 0 Å². The normalized spacial score (nSPS) is 10.9. The number of carbonyl (C=O) groups excluding carboxylic acids is 1. The summed E-state index contributed by atoms with van der Waals surface area (Å²) in [6, 6.07) is 7.53. The van der Waals surface area contributed by atoms with Gasteiger partial charge in [-0.1, -0.05) is 63.3 Å². The molecule has 110 valence electrons. The summed E-state index contributed by atoms with van der Waals surface area (Å²) in [5.41, 5.74) is 1.66. The molecule has 0 spiro atoms. The highest BCUT2D eigenvalue weighted by Gasteiger charge is 2.03. The van der Waals surface area contributed by atoms with Gasteiger partial charge in [-0.05, 0) is 30.5 Å². The predicted octanol–water partition coefficient (Wildman–Crippen LogP) is 5.24. The molecule has 0 saturated carbocycles. The first-order valence-corrected chi connectivity index (χ1v) is 7.63. The maximum atomic E-state index is 11.4. The number of rotatable bonds is 9. The van der Waals surface area contributed by atoms with E-state index in [0.29, 0.717) is 5.56 Å². The van der Waals surface area contributed by atoms with E-state index in [1.807, 2.05) is 18.2 Å². The van der Waals surface area contributed by atoms with Crippen LogP contribution in [-0.2, 0) is 4.74 Å². The van der Waals surface area contributed by atoms with Gasteiger partial charge in [-0.3, -0.25) is 0 Å². The van der Waals surface area contributed by atoms with E-state index in [2.05, 4.69) is 19.1 Å². The molecule has 0 aromatic heterocycles. The van der Waals surface area contributed by atoms with Gasteiger partial charge in [0.05, 0.1) is 12.7 Å². The first-order valence-electron chi connectivity index (χ1n) is 7.63. The molecule has 20 heavy (non-hydrogen) atoms. The smallest absolute Gasteiger partial charge is 0.337 e. The van der Waals surface area contributed by atoms with Crippen molar-refractivity contribution < 1.29 is 9.53 Å². The number of benzene rings is 1. The number of carbonyl (C=O) groups is 1. The van der Waals surface area contributed by atoms with Gasteiger partial charge < -0.3 is 4.74 Å². The number of allylic oxidation sites excluding steroid dienone is 1. The summed E-state index contributed by atoms with van der Waals surface area (Å²) < 4.78 is 4.72. The van der Waals surface area contributed by atoms with Gasteiger partial charge in [-0.25, -0.2) is 4.79 Å². The summed E-state index contributed by atoms with van der Waals surface area (Å²) in [6.45, 7) is 2.24. The van der Waals surface area contributed by atoms with Crippen molar-refractivity contribution in [2.45, 2.75) is 51.9 Å². The molecule has 0 saturated heterocycles. The van der Waals surface area contributed by atoms with Crippen LogP contribution in [0, 0.1) is 0 Å². The molecule has 0 atom stereocenters. The van der Waals surface area contributed by atoms with E-state index in [-0.39, 0.29) is 5.97 Å². The van der Waals surface area contributed by atoms with Crippen molar-refractivity contribution in [2.24, 2.45) is 0 Å². The number of esters is 1. The topological polar surface area (TPSA) is 26.3 Å². The molecular weight excluding hydrogens is 248 g/mol. The summed E-state index contributed by atoms with van der Waals surface area (Å²) in [6.07, 6.45) is 13.3. The Morgan fingerprint density at radius 3 is 2.65 bits per heavy atom. The molecular formula is C18H26O2. The molecule has 0 fully saturated rings. The molecule has 0 aliphatic heterocycles. The lowest BCUT2D eigenvalue weighted by molar-refractivity contribution is 0.0600. The van der Waals surface area contributed by atoms with Gasteiger partial charge in [0.2, 0.25) is 0 Å². The highest BCUT2D eigenvalue weighted by molar-refractivity contribution is 5.89. The summed E-state index contributed by atoms with van der Waals surface area (Å²) in [4.78, 5) is 11.4. The average Bonchev–Trinajstić information content (AvgIpc) is 2.49. The van der Waals surface area contributed by atoms with E-state index in [4.69, 9.17) is 4.74 Å². The van der Waals surface area contributed by atoms with Gasteiger partial charge in [-0.15, -0.1) is 0 Å². The van der Waals surface area contributed by atoms with Crippen LogP contribution in [0.25, 0.3) is 6.08 Å². The second-order valence-corrected chi connectivity index (χ2v) is 5.08. The van der Waals surface area contributed by atoms with Crippen molar-refractivity contribution in [3.8, 4) is 0 Å². The van der Waals surface area contributed by atoms with Crippen molar-refractivity contribution >= 4 is 12.0 Å². The Morgan fingerprint density at radius 2 is 1.90 bits per heavy atom. The number of ether oxygens (including phenoxy) is 1. The molecule has 2 nitrogen and oxygen atoms in total. The van der Waals surface area contributed by atoms with Crippen molar-refractivity contribution in [3.05, 3.63) is 41.5 Å². The van der Waals surface area contributed by atoms with Gasteiger partial charge >= 0.3 is 5.97 Å². The largest absolute Gasteiger partial charge is 0.465 e. The Labute approximate surface area is 122 Å². The third-order valence-corrected chi connectivity index (χ3v) is 3.34. The van der Waals surface area contributed by atoms with Gasteiger partial charge in [-0.2, -0.15) is 0 Å². The van der Waals surface area contributed by atoms with Crippen LogP contribution in [-0.4, -0.2) is 13.1 Å². The van der Waals surface area contributed by atoms with Crippen LogP contribution in [0.1, 0.15) is 67.8 Å². The van der Waals surface area contributed by atoms with Crippen LogP contribution in [0.15, 0.2) is 30.3 Å². The molecule has 0 bridgehead atoms. The zero-order valence-corrected chi connectivity index (χ0v) is 12.7. The molecule has 1 aromatic carbocycles. The molecule has 0 heterocycles. The van der Waals surface area contributed by atoms with E-state index in [9.17, 15) is 4.79 Å². The Morgan fingerprint density at radius 1 is 1.15 bits per heavy atom. The monoisotopic (exact) mass is 274 g/mol. The lowest BCUT2D eigenvalue weighted by Gasteiger charge is -2.00. The molecule has 0 aliphatic carbocycles. The van der Waals surface area contributed by atoms with Crippen molar-refractivity contribution in [1.29, 1.82) is 0 Å². The first-order chi connectivity index (χ1) is 9.77. The fourth-order valence-electron chi connectivity index (χ4n) is 2.15. The molecule has 0 N–H and O–H groups in total. The zero-order valence-electron chi connectivity index (χ0n) is 12.7. The SMILES string of the molecule is CCCCCCCC/C=C\c1cccc(C(=O)OC)c1. The quantitative estimate of drug-likeness (QED) is 0.455. The standard InChI is InChI=1S/C18H26O2/c1-3-4-5-6-7-8-9-10-12-16-13-11-14-17(15-16)18(19)20-2/h10-15H,3-9H2,1-2H3/b12-10-. The van der Waals surface area contributed by atoms with Crippen molar-refractivity contribution in [1.82, 2.24) is 0 Å². The fraction of sp³-hybridized carbons (Fsp3) is 0.500. The summed E-state index contributed by atoms with van der Waals surface area (Å²) >= 11 is 0. The van der Waals surface area contributed by atoms with Crippen LogP contribution >= 0.6 is 0 Å². The molecule has 0 aliphatic rings. The van der Waals surface area contributed by atoms with Crippen LogP contribution in [0.3, 0.4) is 0 Å². The Bertz CT molecular complexity index is 421. The first kappa shape index (κ1) is 16.5. The summed E-state index contributed by atoms with van der Waals surface area (Å²) in [5, 5.41) is 0. The number of hydrogen-bond donors (Lipinski definition) is 0. The Hall–Kier alpha value is -1.57. The molecule has 0 unspecified atom stereocenters.